The third-order valence-corrected chi connectivity index (χ3v) is 3.06. The summed E-state index contributed by atoms with van der Waals surface area (Å²) in [6, 6.07) is 7.03. The summed E-state index contributed by atoms with van der Waals surface area (Å²) in [7, 11) is 1.48. The molecule has 1 heterocycles. The molecule has 0 aliphatic rings. The summed E-state index contributed by atoms with van der Waals surface area (Å²) in [6.45, 7) is 0.558. The van der Waals surface area contributed by atoms with E-state index in [2.05, 4.69) is 15.3 Å². The molecule has 1 aromatic heterocycles. The van der Waals surface area contributed by atoms with E-state index in [0.717, 1.165) is 5.56 Å². The highest BCUT2D eigenvalue weighted by molar-refractivity contribution is 6.32. The van der Waals surface area contributed by atoms with Crippen LogP contribution < -0.4 is 10.1 Å². The Kier molecular flexibility index (Phi) is 4.94. The highest BCUT2D eigenvalue weighted by Gasteiger charge is 2.06. The molecular weight excluding hydrogens is 294 g/mol. The standard InChI is InChI=1S/C14H14ClN3O3/c1-21-14-17-8-11(15)12(18-14)16-6-5-9-3-2-4-10(7-9)13(19)20/h2-4,7-8H,5-6H2,1H3,(H,19,20)(H,16,17,18). The smallest absolute Gasteiger partial charge is 0.335 e. The van der Waals surface area contributed by atoms with Crippen LogP contribution in [0.1, 0.15) is 15.9 Å². The number of aromatic carboxylic acids is 1. The summed E-state index contributed by atoms with van der Waals surface area (Å²) >= 11 is 5.98. The number of carboxylic acids is 1. The molecule has 7 heteroatoms. The van der Waals surface area contributed by atoms with E-state index in [-0.39, 0.29) is 11.6 Å². The van der Waals surface area contributed by atoms with Crippen molar-refractivity contribution < 1.29 is 14.6 Å². The summed E-state index contributed by atoms with van der Waals surface area (Å²) in [5, 5.41) is 12.4. The number of nitrogens with one attached hydrogen (secondary N) is 1. The molecule has 0 atom stereocenters. The van der Waals surface area contributed by atoms with Gasteiger partial charge in [0.15, 0.2) is 5.82 Å². The minimum Gasteiger partial charge on any atom is -0.478 e. The van der Waals surface area contributed by atoms with Gasteiger partial charge >= 0.3 is 12.0 Å². The van der Waals surface area contributed by atoms with E-state index in [4.69, 9.17) is 21.4 Å². The predicted octanol–water partition coefficient (Wildman–Crippen LogP) is 2.49. The van der Waals surface area contributed by atoms with E-state index >= 15 is 0 Å². The van der Waals surface area contributed by atoms with E-state index in [1.54, 1.807) is 18.2 Å². The SMILES string of the molecule is COc1ncc(Cl)c(NCCc2cccc(C(=O)O)c2)n1. The molecule has 0 radical (unpaired) electrons. The zero-order valence-electron chi connectivity index (χ0n) is 11.3. The van der Waals surface area contributed by atoms with Crippen LogP contribution in [0.25, 0.3) is 0 Å². The number of nitrogens with zero attached hydrogens (tertiary/aromatic N) is 2. The Morgan fingerprint density at radius 2 is 2.29 bits per heavy atom. The van der Waals surface area contributed by atoms with Crippen molar-refractivity contribution in [2.45, 2.75) is 6.42 Å². The number of ether oxygens (including phenoxy) is 1. The maximum Gasteiger partial charge on any atom is 0.335 e. The number of halogens is 1. The molecule has 2 N–H and O–H groups in total. The molecule has 2 aromatic rings. The van der Waals surface area contributed by atoms with E-state index in [1.165, 1.54) is 13.3 Å². The molecule has 0 saturated heterocycles. The molecular formula is C14H14ClN3O3. The van der Waals surface area contributed by atoms with Gasteiger partial charge < -0.3 is 15.2 Å². The molecule has 21 heavy (non-hydrogen) atoms. The summed E-state index contributed by atoms with van der Waals surface area (Å²) in [5.74, 6) is -0.453. The first-order valence-electron chi connectivity index (χ1n) is 6.23. The van der Waals surface area contributed by atoms with E-state index in [1.807, 2.05) is 6.07 Å². The van der Waals surface area contributed by atoms with Crippen LogP contribution in [0.4, 0.5) is 5.82 Å². The molecule has 0 unspecified atom stereocenters. The van der Waals surface area contributed by atoms with Crippen LogP contribution >= 0.6 is 11.6 Å². The number of methoxy groups -OCH3 is 1. The van der Waals surface area contributed by atoms with Crippen molar-refractivity contribution in [1.82, 2.24) is 9.97 Å². The number of hydrogen-bond acceptors (Lipinski definition) is 5. The van der Waals surface area contributed by atoms with Gasteiger partial charge in [0.1, 0.15) is 5.02 Å². The van der Waals surface area contributed by atoms with Crippen LogP contribution in [0.2, 0.25) is 5.02 Å². The van der Waals surface area contributed by atoms with Gasteiger partial charge in [-0.25, -0.2) is 9.78 Å². The second-order valence-electron chi connectivity index (χ2n) is 4.24. The fourth-order valence-corrected chi connectivity index (χ4v) is 1.92. The third-order valence-electron chi connectivity index (χ3n) is 2.78. The second-order valence-corrected chi connectivity index (χ2v) is 4.64. The van der Waals surface area contributed by atoms with Gasteiger partial charge in [0.2, 0.25) is 0 Å². The first kappa shape index (κ1) is 15.1. The van der Waals surface area contributed by atoms with Gasteiger partial charge in [-0.15, -0.1) is 0 Å². The zero-order valence-corrected chi connectivity index (χ0v) is 12.1. The molecule has 2 rings (SSSR count). The zero-order chi connectivity index (χ0) is 15.2. The molecule has 0 aliphatic heterocycles. The number of benzene rings is 1. The van der Waals surface area contributed by atoms with Crippen LogP contribution in [0.5, 0.6) is 6.01 Å². The lowest BCUT2D eigenvalue weighted by Gasteiger charge is -2.08. The van der Waals surface area contributed by atoms with Crippen LogP contribution in [-0.4, -0.2) is 34.7 Å². The second kappa shape index (κ2) is 6.90. The van der Waals surface area contributed by atoms with E-state index in [0.29, 0.717) is 23.8 Å². The van der Waals surface area contributed by atoms with Crippen molar-refractivity contribution in [3.8, 4) is 6.01 Å². The highest BCUT2D eigenvalue weighted by atomic mass is 35.5. The predicted molar refractivity (Wildman–Crippen MR) is 79.2 cm³/mol. The van der Waals surface area contributed by atoms with Crippen LogP contribution in [-0.2, 0) is 6.42 Å². The van der Waals surface area contributed by atoms with Crippen molar-refractivity contribution in [3.05, 3.63) is 46.6 Å². The molecule has 0 fully saturated rings. The Morgan fingerprint density at radius 3 is 3.00 bits per heavy atom. The summed E-state index contributed by atoms with van der Waals surface area (Å²) in [5.41, 5.74) is 1.19. The maximum absolute atomic E-state index is 10.9. The van der Waals surface area contributed by atoms with Crippen LogP contribution in [0.15, 0.2) is 30.5 Å². The number of rotatable bonds is 6. The lowest BCUT2D eigenvalue weighted by molar-refractivity contribution is 0.0696. The van der Waals surface area contributed by atoms with Crippen molar-refractivity contribution in [1.29, 1.82) is 0 Å². The summed E-state index contributed by atoms with van der Waals surface area (Å²) < 4.78 is 4.93. The first-order valence-corrected chi connectivity index (χ1v) is 6.60. The number of hydrogen-bond donors (Lipinski definition) is 2. The van der Waals surface area contributed by atoms with Gasteiger partial charge in [-0.3, -0.25) is 0 Å². The number of carbonyl (C=O) groups is 1. The van der Waals surface area contributed by atoms with Crippen molar-refractivity contribution in [2.75, 3.05) is 19.0 Å². The topological polar surface area (TPSA) is 84.3 Å². The largest absolute Gasteiger partial charge is 0.478 e. The fourth-order valence-electron chi connectivity index (χ4n) is 1.76. The van der Waals surface area contributed by atoms with E-state index in [9.17, 15) is 4.79 Å². The Labute approximate surface area is 126 Å². The monoisotopic (exact) mass is 307 g/mol. The Hall–Kier alpha value is -2.34. The summed E-state index contributed by atoms with van der Waals surface area (Å²) in [4.78, 5) is 18.9. The van der Waals surface area contributed by atoms with Crippen molar-refractivity contribution >= 4 is 23.4 Å². The Balaban J connectivity index is 1.98. The highest BCUT2D eigenvalue weighted by Crippen LogP contribution is 2.20. The van der Waals surface area contributed by atoms with E-state index < -0.39 is 5.97 Å². The van der Waals surface area contributed by atoms with Gasteiger partial charge in [-0.1, -0.05) is 23.7 Å². The fraction of sp³-hybridized carbons (Fsp3) is 0.214. The number of aromatic nitrogens is 2. The molecule has 0 saturated carbocycles. The molecule has 0 amide bonds. The minimum atomic E-state index is -0.937. The Morgan fingerprint density at radius 1 is 1.48 bits per heavy atom. The normalized spacial score (nSPS) is 10.2. The summed E-state index contributed by atoms with van der Waals surface area (Å²) in [6.07, 6.45) is 2.10. The first-order chi connectivity index (χ1) is 10.1. The lowest BCUT2D eigenvalue weighted by Crippen LogP contribution is -2.08. The third kappa shape index (κ3) is 4.06. The quantitative estimate of drug-likeness (QED) is 0.853. The van der Waals surface area contributed by atoms with Crippen molar-refractivity contribution in [2.24, 2.45) is 0 Å². The van der Waals surface area contributed by atoms with Gasteiger partial charge in [0.05, 0.1) is 18.9 Å². The average Bonchev–Trinajstić information content (AvgIpc) is 2.49. The molecule has 1 aromatic carbocycles. The van der Waals surface area contributed by atoms with Crippen molar-refractivity contribution in [3.63, 3.8) is 0 Å². The number of anilines is 1. The molecule has 6 nitrogen and oxygen atoms in total. The van der Waals surface area contributed by atoms with Gasteiger partial charge in [0.25, 0.3) is 0 Å². The lowest BCUT2D eigenvalue weighted by atomic mass is 10.1. The molecule has 0 spiro atoms. The Bertz CT molecular complexity index is 649. The minimum absolute atomic E-state index is 0.231. The number of carboxylic acid groups (broad SMARTS) is 1. The van der Waals surface area contributed by atoms with Crippen LogP contribution in [0.3, 0.4) is 0 Å². The van der Waals surface area contributed by atoms with Gasteiger partial charge in [0, 0.05) is 6.54 Å². The molecule has 0 aliphatic carbocycles. The maximum atomic E-state index is 10.9. The van der Waals surface area contributed by atoms with Gasteiger partial charge in [-0.05, 0) is 24.1 Å². The van der Waals surface area contributed by atoms with Crippen LogP contribution in [0, 0.1) is 0 Å². The van der Waals surface area contributed by atoms with Gasteiger partial charge in [-0.2, -0.15) is 4.98 Å². The average molecular weight is 308 g/mol. The molecule has 110 valence electrons. The molecule has 0 bridgehead atoms.